The molecule has 3 aromatic rings. The van der Waals surface area contributed by atoms with Crippen molar-refractivity contribution in [2.24, 2.45) is 5.92 Å². The molecule has 0 saturated heterocycles. The molecule has 0 aliphatic carbocycles. The molecular formula is C24H29FN2O. The van der Waals surface area contributed by atoms with E-state index in [9.17, 15) is 9.18 Å². The summed E-state index contributed by atoms with van der Waals surface area (Å²) in [6, 6.07) is 14.9. The average Bonchev–Trinajstić information content (AvgIpc) is 3.05. The molecule has 148 valence electrons. The Balaban J connectivity index is 2.02. The summed E-state index contributed by atoms with van der Waals surface area (Å²) < 4.78 is 15.7. The number of fused-ring (bicyclic) bond motifs is 1. The number of para-hydroxylation sites is 1. The number of rotatable bonds is 7. The number of hydrogen-bond acceptors (Lipinski definition) is 1. The number of aromatic nitrogens is 1. The lowest BCUT2D eigenvalue weighted by Gasteiger charge is -2.21. The van der Waals surface area contributed by atoms with Gasteiger partial charge in [-0.1, -0.05) is 44.2 Å². The number of benzene rings is 2. The number of carbonyl (C=O) groups excluding carboxylic acids is 1. The standard InChI is InChI=1S/C24H29FN2O/c1-5-27-15-22(20-8-6-7-9-23(20)27)21(18-10-12-19(25)13-11-18)14-24(28)26-17(4)16(2)3/h6-13,15-17,21H,5,14H2,1-4H3,(H,26,28). The van der Waals surface area contributed by atoms with Gasteiger partial charge in [0.05, 0.1) is 0 Å². The lowest BCUT2D eigenvalue weighted by molar-refractivity contribution is -0.122. The summed E-state index contributed by atoms with van der Waals surface area (Å²) in [6.07, 6.45) is 2.47. The van der Waals surface area contributed by atoms with Gasteiger partial charge in [-0.15, -0.1) is 0 Å². The van der Waals surface area contributed by atoms with Crippen LogP contribution in [0, 0.1) is 11.7 Å². The molecule has 3 rings (SSSR count). The highest BCUT2D eigenvalue weighted by Crippen LogP contribution is 2.35. The van der Waals surface area contributed by atoms with E-state index in [1.54, 1.807) is 12.1 Å². The molecule has 28 heavy (non-hydrogen) atoms. The second-order valence-corrected chi connectivity index (χ2v) is 7.80. The van der Waals surface area contributed by atoms with Crippen molar-refractivity contribution in [1.82, 2.24) is 9.88 Å². The monoisotopic (exact) mass is 380 g/mol. The number of carbonyl (C=O) groups is 1. The van der Waals surface area contributed by atoms with Crippen LogP contribution in [0.5, 0.6) is 0 Å². The van der Waals surface area contributed by atoms with Crippen molar-refractivity contribution in [1.29, 1.82) is 0 Å². The summed E-state index contributed by atoms with van der Waals surface area (Å²) >= 11 is 0. The molecule has 0 bridgehead atoms. The van der Waals surface area contributed by atoms with E-state index in [1.165, 1.54) is 12.1 Å². The van der Waals surface area contributed by atoms with Gasteiger partial charge >= 0.3 is 0 Å². The molecule has 1 heterocycles. The second-order valence-electron chi connectivity index (χ2n) is 7.80. The van der Waals surface area contributed by atoms with Crippen LogP contribution in [-0.2, 0) is 11.3 Å². The topological polar surface area (TPSA) is 34.0 Å². The van der Waals surface area contributed by atoms with Crippen LogP contribution in [0.4, 0.5) is 4.39 Å². The first-order valence-corrected chi connectivity index (χ1v) is 10.0. The molecule has 0 radical (unpaired) electrons. The maximum absolute atomic E-state index is 13.5. The van der Waals surface area contributed by atoms with Crippen LogP contribution in [0.3, 0.4) is 0 Å². The predicted octanol–water partition coefficient (Wildman–Crippen LogP) is 5.48. The molecule has 0 aliphatic rings. The first kappa shape index (κ1) is 20.1. The van der Waals surface area contributed by atoms with E-state index in [0.29, 0.717) is 12.3 Å². The minimum Gasteiger partial charge on any atom is -0.353 e. The van der Waals surface area contributed by atoms with E-state index in [4.69, 9.17) is 0 Å². The van der Waals surface area contributed by atoms with Crippen LogP contribution < -0.4 is 5.32 Å². The number of nitrogens with one attached hydrogen (secondary N) is 1. The van der Waals surface area contributed by atoms with Gasteiger partial charge in [-0.25, -0.2) is 4.39 Å². The SMILES string of the molecule is CCn1cc(C(CC(=O)NC(C)C(C)C)c2ccc(F)cc2)c2ccccc21. The highest BCUT2D eigenvalue weighted by Gasteiger charge is 2.23. The summed E-state index contributed by atoms with van der Waals surface area (Å²) in [5.41, 5.74) is 3.22. The van der Waals surface area contributed by atoms with E-state index in [0.717, 1.165) is 28.6 Å². The molecule has 3 nitrogen and oxygen atoms in total. The van der Waals surface area contributed by atoms with Crippen LogP contribution in [0.2, 0.25) is 0 Å². The predicted molar refractivity (Wildman–Crippen MR) is 113 cm³/mol. The van der Waals surface area contributed by atoms with Gasteiger partial charge in [-0.3, -0.25) is 4.79 Å². The Morgan fingerprint density at radius 3 is 2.39 bits per heavy atom. The first-order valence-electron chi connectivity index (χ1n) is 10.0. The molecular weight excluding hydrogens is 351 g/mol. The molecule has 1 aromatic heterocycles. The molecule has 4 heteroatoms. The van der Waals surface area contributed by atoms with Crippen molar-refractivity contribution in [2.75, 3.05) is 0 Å². The lowest BCUT2D eigenvalue weighted by atomic mass is 9.87. The van der Waals surface area contributed by atoms with Gasteiger partial charge in [0, 0.05) is 42.0 Å². The fourth-order valence-corrected chi connectivity index (χ4v) is 3.58. The third-order valence-electron chi connectivity index (χ3n) is 5.59. The van der Waals surface area contributed by atoms with Crippen molar-refractivity contribution in [3.8, 4) is 0 Å². The molecule has 0 aliphatic heterocycles. The average molecular weight is 381 g/mol. The summed E-state index contributed by atoms with van der Waals surface area (Å²) in [7, 11) is 0. The zero-order valence-corrected chi connectivity index (χ0v) is 17.1. The maximum Gasteiger partial charge on any atom is 0.221 e. The Hall–Kier alpha value is -2.62. The lowest BCUT2D eigenvalue weighted by Crippen LogP contribution is -2.36. The smallest absolute Gasteiger partial charge is 0.221 e. The van der Waals surface area contributed by atoms with E-state index >= 15 is 0 Å². The van der Waals surface area contributed by atoms with Gasteiger partial charge in [0.25, 0.3) is 0 Å². The van der Waals surface area contributed by atoms with Gasteiger partial charge < -0.3 is 9.88 Å². The van der Waals surface area contributed by atoms with Crippen LogP contribution >= 0.6 is 0 Å². The highest BCUT2D eigenvalue weighted by atomic mass is 19.1. The van der Waals surface area contributed by atoms with Crippen LogP contribution in [0.15, 0.2) is 54.7 Å². The Bertz CT molecular complexity index is 943. The molecule has 2 aromatic carbocycles. The Labute approximate surface area is 166 Å². The van der Waals surface area contributed by atoms with Crippen molar-refractivity contribution < 1.29 is 9.18 Å². The maximum atomic E-state index is 13.5. The van der Waals surface area contributed by atoms with E-state index in [1.807, 2.05) is 19.1 Å². The third-order valence-corrected chi connectivity index (χ3v) is 5.59. The fraction of sp³-hybridized carbons (Fsp3) is 0.375. The van der Waals surface area contributed by atoms with Gasteiger partial charge in [0.15, 0.2) is 0 Å². The fourth-order valence-electron chi connectivity index (χ4n) is 3.58. The summed E-state index contributed by atoms with van der Waals surface area (Å²) in [6.45, 7) is 9.18. The molecule has 1 N–H and O–H groups in total. The highest BCUT2D eigenvalue weighted by molar-refractivity contribution is 5.86. The number of nitrogens with zero attached hydrogens (tertiary/aromatic N) is 1. The number of hydrogen-bond donors (Lipinski definition) is 1. The van der Waals surface area contributed by atoms with Crippen molar-refractivity contribution in [2.45, 2.75) is 52.6 Å². The van der Waals surface area contributed by atoms with Crippen LogP contribution in [0.1, 0.15) is 51.2 Å². The summed E-state index contributed by atoms with van der Waals surface area (Å²) in [5.74, 6) is -0.00638. The molecule has 2 unspecified atom stereocenters. The van der Waals surface area contributed by atoms with Crippen molar-refractivity contribution in [3.05, 3.63) is 71.7 Å². The first-order chi connectivity index (χ1) is 13.4. The van der Waals surface area contributed by atoms with Crippen LogP contribution in [0.25, 0.3) is 10.9 Å². The third kappa shape index (κ3) is 4.27. The summed E-state index contributed by atoms with van der Waals surface area (Å²) in [5, 5.41) is 4.25. The normalized spacial score (nSPS) is 13.6. The van der Waals surface area contributed by atoms with E-state index < -0.39 is 0 Å². The molecule has 0 fully saturated rings. The minimum atomic E-state index is -0.267. The zero-order chi connectivity index (χ0) is 20.3. The Morgan fingerprint density at radius 1 is 1.07 bits per heavy atom. The Kier molecular flexibility index (Phi) is 6.18. The molecule has 0 spiro atoms. The number of halogens is 1. The van der Waals surface area contributed by atoms with Crippen LogP contribution in [-0.4, -0.2) is 16.5 Å². The molecule has 2 atom stereocenters. The number of amides is 1. The van der Waals surface area contributed by atoms with Gasteiger partial charge in [-0.05, 0) is 49.1 Å². The molecule has 0 saturated carbocycles. The van der Waals surface area contributed by atoms with Gasteiger partial charge in [-0.2, -0.15) is 0 Å². The molecule has 1 amide bonds. The zero-order valence-electron chi connectivity index (χ0n) is 17.1. The van der Waals surface area contributed by atoms with Crippen molar-refractivity contribution in [3.63, 3.8) is 0 Å². The second kappa shape index (κ2) is 8.59. The minimum absolute atomic E-state index is 0.0175. The number of aryl methyl sites for hydroxylation is 1. The largest absolute Gasteiger partial charge is 0.353 e. The summed E-state index contributed by atoms with van der Waals surface area (Å²) in [4.78, 5) is 12.8. The van der Waals surface area contributed by atoms with Crippen molar-refractivity contribution >= 4 is 16.8 Å². The van der Waals surface area contributed by atoms with Gasteiger partial charge in [0.1, 0.15) is 5.82 Å². The Morgan fingerprint density at radius 2 is 1.75 bits per heavy atom. The van der Waals surface area contributed by atoms with Gasteiger partial charge in [0.2, 0.25) is 5.91 Å². The van der Waals surface area contributed by atoms with E-state index in [-0.39, 0.29) is 23.7 Å². The van der Waals surface area contributed by atoms with E-state index in [2.05, 4.69) is 49.0 Å². The quantitative estimate of drug-likeness (QED) is 0.578.